The Morgan fingerprint density at radius 2 is 1.87 bits per heavy atom. The van der Waals surface area contributed by atoms with E-state index in [0.29, 0.717) is 22.9 Å². The highest BCUT2D eigenvalue weighted by molar-refractivity contribution is 6.30. The van der Waals surface area contributed by atoms with Crippen LogP contribution in [0, 0.1) is 0 Å². The van der Waals surface area contributed by atoms with Crippen LogP contribution in [0.15, 0.2) is 90.3 Å². The van der Waals surface area contributed by atoms with Gasteiger partial charge in [0.15, 0.2) is 0 Å². The number of rotatable bonds is 6. The maximum absolute atomic E-state index is 12.2. The Morgan fingerprint density at radius 3 is 2.67 bits per heavy atom. The topological polar surface area (TPSA) is 63.6 Å². The van der Waals surface area contributed by atoms with Gasteiger partial charge in [-0.25, -0.2) is 5.43 Å². The Bertz CT molecular complexity index is 1190. The maximum atomic E-state index is 12.2. The number of pyridine rings is 1. The molecule has 0 spiro atoms. The Kier molecular flexibility index (Phi) is 6.01. The molecule has 0 atom stereocenters. The Hall–Kier alpha value is -3.70. The first-order chi connectivity index (χ1) is 14.7. The van der Waals surface area contributed by atoms with E-state index in [1.165, 1.54) is 6.20 Å². The number of amides is 1. The molecule has 5 nitrogen and oxygen atoms in total. The molecule has 0 aliphatic heterocycles. The fourth-order valence-corrected chi connectivity index (χ4v) is 3.12. The number of benzene rings is 3. The van der Waals surface area contributed by atoms with Crippen LogP contribution in [0.5, 0.6) is 5.75 Å². The third-order valence-electron chi connectivity index (χ3n) is 4.52. The predicted octanol–water partition coefficient (Wildman–Crippen LogP) is 5.23. The number of hydrogen-bond donors (Lipinski definition) is 1. The van der Waals surface area contributed by atoms with Gasteiger partial charge in [-0.05, 0) is 46.7 Å². The van der Waals surface area contributed by atoms with Crippen molar-refractivity contribution in [2.24, 2.45) is 5.10 Å². The average molecular weight is 416 g/mol. The largest absolute Gasteiger partial charge is 0.488 e. The molecule has 0 radical (unpaired) electrons. The van der Waals surface area contributed by atoms with Gasteiger partial charge in [0.2, 0.25) is 0 Å². The highest BCUT2D eigenvalue weighted by atomic mass is 35.5. The smallest absolute Gasteiger partial charge is 0.272 e. The van der Waals surface area contributed by atoms with Gasteiger partial charge in [0.1, 0.15) is 12.4 Å². The third kappa shape index (κ3) is 4.64. The number of carbonyl (C=O) groups excluding carboxylic acids is 1. The molecule has 4 aromatic rings. The number of nitrogens with one attached hydrogen (secondary N) is 1. The van der Waals surface area contributed by atoms with E-state index in [4.69, 9.17) is 16.3 Å². The van der Waals surface area contributed by atoms with Crippen LogP contribution in [-0.4, -0.2) is 17.1 Å². The minimum absolute atomic E-state index is 0.330. The van der Waals surface area contributed by atoms with Gasteiger partial charge in [-0.15, -0.1) is 0 Å². The van der Waals surface area contributed by atoms with E-state index in [2.05, 4.69) is 15.5 Å². The second-order valence-electron chi connectivity index (χ2n) is 6.55. The molecule has 1 heterocycles. The number of aromatic nitrogens is 1. The lowest BCUT2D eigenvalue weighted by atomic mass is 10.0. The first kappa shape index (κ1) is 19.6. The Labute approximate surface area is 179 Å². The summed E-state index contributed by atoms with van der Waals surface area (Å²) in [6.45, 7) is 0.387. The number of ether oxygens (including phenoxy) is 1. The zero-order valence-corrected chi connectivity index (χ0v) is 16.7. The number of nitrogens with zero attached hydrogens (tertiary/aromatic N) is 2. The molecule has 3 aromatic carbocycles. The molecule has 0 unspecified atom stereocenters. The van der Waals surface area contributed by atoms with E-state index in [9.17, 15) is 4.79 Å². The minimum Gasteiger partial charge on any atom is -0.488 e. The number of fused-ring (bicyclic) bond motifs is 1. The van der Waals surface area contributed by atoms with Crippen LogP contribution in [0.4, 0.5) is 0 Å². The first-order valence-electron chi connectivity index (χ1n) is 9.33. The number of hydrazone groups is 1. The summed E-state index contributed by atoms with van der Waals surface area (Å²) in [7, 11) is 0. The zero-order valence-electron chi connectivity index (χ0n) is 16.0. The number of carbonyl (C=O) groups is 1. The molecule has 148 valence electrons. The molecule has 30 heavy (non-hydrogen) atoms. The number of hydrogen-bond acceptors (Lipinski definition) is 4. The average Bonchev–Trinajstić information content (AvgIpc) is 2.80. The van der Waals surface area contributed by atoms with Crippen molar-refractivity contribution < 1.29 is 9.53 Å². The van der Waals surface area contributed by atoms with Crippen molar-refractivity contribution in [1.29, 1.82) is 0 Å². The van der Waals surface area contributed by atoms with Gasteiger partial charge < -0.3 is 4.74 Å². The van der Waals surface area contributed by atoms with Crippen LogP contribution in [0.1, 0.15) is 21.5 Å². The molecule has 1 N–H and O–H groups in total. The van der Waals surface area contributed by atoms with E-state index in [0.717, 1.165) is 21.9 Å². The quantitative estimate of drug-likeness (QED) is 0.346. The highest BCUT2D eigenvalue weighted by Crippen LogP contribution is 2.27. The lowest BCUT2D eigenvalue weighted by molar-refractivity contribution is 0.0954. The molecule has 0 aliphatic rings. The third-order valence-corrected chi connectivity index (χ3v) is 4.77. The predicted molar refractivity (Wildman–Crippen MR) is 119 cm³/mol. The summed E-state index contributed by atoms with van der Waals surface area (Å²) in [5, 5.41) is 6.86. The van der Waals surface area contributed by atoms with Gasteiger partial charge in [-0.3, -0.25) is 9.78 Å². The van der Waals surface area contributed by atoms with Crippen LogP contribution in [0.3, 0.4) is 0 Å². The highest BCUT2D eigenvalue weighted by Gasteiger charge is 2.09. The van der Waals surface area contributed by atoms with Crippen molar-refractivity contribution in [1.82, 2.24) is 10.4 Å². The lowest BCUT2D eigenvalue weighted by Gasteiger charge is -2.12. The van der Waals surface area contributed by atoms with Crippen molar-refractivity contribution in [3.8, 4) is 5.75 Å². The number of halogens is 1. The van der Waals surface area contributed by atoms with E-state index < -0.39 is 0 Å². The summed E-state index contributed by atoms with van der Waals surface area (Å²) in [6, 6.07) is 22.7. The maximum Gasteiger partial charge on any atom is 0.272 e. The molecule has 0 aliphatic carbocycles. The Morgan fingerprint density at radius 1 is 1.03 bits per heavy atom. The van der Waals surface area contributed by atoms with E-state index in [-0.39, 0.29) is 5.91 Å². The zero-order chi connectivity index (χ0) is 20.8. The van der Waals surface area contributed by atoms with Crippen LogP contribution >= 0.6 is 11.6 Å². The molecule has 6 heteroatoms. The van der Waals surface area contributed by atoms with Crippen molar-refractivity contribution in [3.05, 3.63) is 107 Å². The second kappa shape index (κ2) is 9.20. The first-order valence-corrected chi connectivity index (χ1v) is 9.71. The van der Waals surface area contributed by atoms with Crippen molar-refractivity contribution in [2.45, 2.75) is 6.61 Å². The van der Waals surface area contributed by atoms with Crippen LogP contribution in [-0.2, 0) is 6.61 Å². The summed E-state index contributed by atoms with van der Waals surface area (Å²) in [5.41, 5.74) is 4.76. The summed E-state index contributed by atoms with van der Waals surface area (Å²) in [4.78, 5) is 16.2. The molecule has 0 bridgehead atoms. The van der Waals surface area contributed by atoms with Crippen molar-refractivity contribution >= 4 is 34.5 Å². The van der Waals surface area contributed by atoms with E-state index >= 15 is 0 Å². The monoisotopic (exact) mass is 415 g/mol. The molecule has 4 rings (SSSR count). The summed E-state index contributed by atoms with van der Waals surface area (Å²) in [6.07, 6.45) is 4.71. The standard InChI is InChI=1S/C24H18ClN3O2/c25-20-10-7-17(8-11-20)16-30-23-12-9-18-4-1-2-6-21(18)22(23)15-27-28-24(29)19-5-3-13-26-14-19/h1-15H,16H2,(H,28,29). The summed E-state index contributed by atoms with van der Waals surface area (Å²) in [5.74, 6) is 0.339. The van der Waals surface area contributed by atoms with Gasteiger partial charge in [0.05, 0.1) is 11.8 Å². The molecular formula is C24H18ClN3O2. The van der Waals surface area contributed by atoms with Gasteiger partial charge >= 0.3 is 0 Å². The molecule has 1 aromatic heterocycles. The normalized spacial score (nSPS) is 11.0. The fourth-order valence-electron chi connectivity index (χ4n) is 2.99. The van der Waals surface area contributed by atoms with Crippen molar-refractivity contribution in [2.75, 3.05) is 0 Å². The van der Waals surface area contributed by atoms with Gasteiger partial charge in [0, 0.05) is 23.0 Å². The fraction of sp³-hybridized carbons (Fsp3) is 0.0417. The molecular weight excluding hydrogens is 398 g/mol. The van der Waals surface area contributed by atoms with Crippen LogP contribution < -0.4 is 10.2 Å². The van der Waals surface area contributed by atoms with E-state index in [1.54, 1.807) is 24.5 Å². The second-order valence-corrected chi connectivity index (χ2v) is 6.99. The molecule has 0 fully saturated rings. The van der Waals surface area contributed by atoms with Crippen LogP contribution in [0.25, 0.3) is 10.8 Å². The minimum atomic E-state index is -0.330. The van der Waals surface area contributed by atoms with Gasteiger partial charge in [-0.2, -0.15) is 5.10 Å². The van der Waals surface area contributed by atoms with Crippen LogP contribution in [0.2, 0.25) is 5.02 Å². The summed E-state index contributed by atoms with van der Waals surface area (Å²) >= 11 is 5.95. The molecule has 0 saturated heterocycles. The SMILES string of the molecule is O=C(NN=Cc1c(OCc2ccc(Cl)cc2)ccc2ccccc12)c1cccnc1. The Balaban J connectivity index is 1.58. The van der Waals surface area contributed by atoms with E-state index in [1.807, 2.05) is 60.7 Å². The lowest BCUT2D eigenvalue weighted by Crippen LogP contribution is -2.17. The van der Waals surface area contributed by atoms with Crippen molar-refractivity contribution in [3.63, 3.8) is 0 Å². The molecule has 0 saturated carbocycles. The molecule has 1 amide bonds. The van der Waals surface area contributed by atoms with Gasteiger partial charge in [-0.1, -0.05) is 54.1 Å². The summed E-state index contributed by atoms with van der Waals surface area (Å²) < 4.78 is 6.06. The van der Waals surface area contributed by atoms with Gasteiger partial charge in [0.25, 0.3) is 5.91 Å².